The number of amides is 1. The summed E-state index contributed by atoms with van der Waals surface area (Å²) in [7, 11) is 4.02. The summed E-state index contributed by atoms with van der Waals surface area (Å²) in [4.78, 5) is 22.6. The van der Waals surface area contributed by atoms with Gasteiger partial charge in [-0.1, -0.05) is 32.9 Å². The molecule has 0 aliphatic heterocycles. The first-order valence-corrected chi connectivity index (χ1v) is 8.88. The van der Waals surface area contributed by atoms with Gasteiger partial charge in [0, 0.05) is 18.3 Å². The van der Waals surface area contributed by atoms with Crippen LogP contribution in [0.25, 0.3) is 0 Å². The highest BCUT2D eigenvalue weighted by Crippen LogP contribution is 2.24. The Kier molecular flexibility index (Phi) is 6.69. The maximum absolute atomic E-state index is 12.2. The minimum absolute atomic E-state index is 0.116. The number of benzene rings is 1. The number of rotatable bonds is 7. The predicted octanol–water partition coefficient (Wildman–Crippen LogP) is 3.20. The number of nitrogens with zero attached hydrogens (tertiary/aromatic N) is 3. The summed E-state index contributed by atoms with van der Waals surface area (Å²) in [5.41, 5.74) is 2.67. The quantitative estimate of drug-likeness (QED) is 0.747. The fraction of sp³-hybridized carbons (Fsp3) is 0.450. The van der Waals surface area contributed by atoms with Crippen LogP contribution in [-0.2, 0) is 5.41 Å². The third-order valence-electron chi connectivity index (χ3n) is 3.99. The molecule has 1 amide bonds. The molecular formula is C20H29N5O. The molecule has 0 atom stereocenters. The van der Waals surface area contributed by atoms with Crippen molar-refractivity contribution in [1.29, 1.82) is 0 Å². The second kappa shape index (κ2) is 8.76. The van der Waals surface area contributed by atoms with Gasteiger partial charge in [0.2, 0.25) is 0 Å². The van der Waals surface area contributed by atoms with Gasteiger partial charge in [-0.15, -0.1) is 0 Å². The Balaban J connectivity index is 1.97. The molecule has 6 heteroatoms. The molecule has 2 rings (SSSR count). The second-order valence-corrected chi connectivity index (χ2v) is 7.65. The molecule has 1 aromatic carbocycles. The van der Waals surface area contributed by atoms with E-state index in [9.17, 15) is 4.79 Å². The lowest BCUT2D eigenvalue weighted by Gasteiger charge is -2.19. The van der Waals surface area contributed by atoms with E-state index in [0.29, 0.717) is 18.1 Å². The van der Waals surface area contributed by atoms with Gasteiger partial charge in [0.15, 0.2) is 0 Å². The zero-order valence-electron chi connectivity index (χ0n) is 16.3. The number of anilines is 2. The molecule has 0 spiro atoms. The summed E-state index contributed by atoms with van der Waals surface area (Å²) in [6, 6.07) is 9.90. The summed E-state index contributed by atoms with van der Waals surface area (Å²) < 4.78 is 0. The maximum atomic E-state index is 12.2. The molecule has 0 bridgehead atoms. The van der Waals surface area contributed by atoms with Crippen molar-refractivity contribution in [2.45, 2.75) is 32.6 Å². The normalized spacial score (nSPS) is 11.5. The first-order valence-electron chi connectivity index (χ1n) is 8.88. The highest BCUT2D eigenvalue weighted by molar-refractivity contribution is 5.92. The zero-order chi connectivity index (χ0) is 19.2. The van der Waals surface area contributed by atoms with E-state index in [4.69, 9.17) is 0 Å². The molecule has 0 radical (unpaired) electrons. The third kappa shape index (κ3) is 6.11. The molecule has 2 N–H and O–H groups in total. The predicted molar refractivity (Wildman–Crippen MR) is 106 cm³/mol. The van der Waals surface area contributed by atoms with Crippen LogP contribution >= 0.6 is 0 Å². The summed E-state index contributed by atoms with van der Waals surface area (Å²) in [5.74, 6) is 0.416. The summed E-state index contributed by atoms with van der Waals surface area (Å²) in [6.07, 6.45) is 2.30. The zero-order valence-corrected chi connectivity index (χ0v) is 16.3. The van der Waals surface area contributed by atoms with Gasteiger partial charge in [-0.2, -0.15) is 0 Å². The lowest BCUT2D eigenvalue weighted by molar-refractivity contribution is 0.0947. The Morgan fingerprint density at radius 3 is 2.42 bits per heavy atom. The van der Waals surface area contributed by atoms with E-state index in [1.807, 2.05) is 26.2 Å². The van der Waals surface area contributed by atoms with Crippen molar-refractivity contribution in [3.05, 3.63) is 47.9 Å². The molecule has 0 aliphatic rings. The monoisotopic (exact) mass is 355 g/mol. The van der Waals surface area contributed by atoms with Crippen LogP contribution in [0, 0.1) is 0 Å². The van der Waals surface area contributed by atoms with Crippen molar-refractivity contribution in [3.8, 4) is 0 Å². The van der Waals surface area contributed by atoms with E-state index < -0.39 is 0 Å². The van der Waals surface area contributed by atoms with Crippen LogP contribution in [0.2, 0.25) is 0 Å². The standard InChI is InChI=1S/C20H29N5O/c1-20(2,3)15-7-9-16(10-8-15)24-18-13-17(22-14-23-18)19(26)21-11-6-12-25(4)5/h7-10,13-14H,6,11-12H2,1-5H3,(H,21,26)(H,22,23,24). The minimum Gasteiger partial charge on any atom is -0.351 e. The number of hydrogen-bond donors (Lipinski definition) is 2. The van der Waals surface area contributed by atoms with Crippen LogP contribution in [0.4, 0.5) is 11.5 Å². The van der Waals surface area contributed by atoms with Gasteiger partial charge in [0.1, 0.15) is 17.8 Å². The number of aromatic nitrogens is 2. The van der Waals surface area contributed by atoms with Crippen molar-refractivity contribution in [1.82, 2.24) is 20.2 Å². The Morgan fingerprint density at radius 2 is 1.81 bits per heavy atom. The first kappa shape index (κ1) is 19.8. The molecule has 0 fully saturated rings. The molecule has 1 heterocycles. The highest BCUT2D eigenvalue weighted by atomic mass is 16.1. The fourth-order valence-corrected chi connectivity index (χ4v) is 2.44. The number of carbonyl (C=O) groups is 1. The lowest BCUT2D eigenvalue weighted by Crippen LogP contribution is -2.27. The molecule has 6 nitrogen and oxygen atoms in total. The van der Waals surface area contributed by atoms with Gasteiger partial charge >= 0.3 is 0 Å². The van der Waals surface area contributed by atoms with Gasteiger partial charge < -0.3 is 15.5 Å². The summed E-state index contributed by atoms with van der Waals surface area (Å²) >= 11 is 0. The smallest absolute Gasteiger partial charge is 0.270 e. The molecule has 2 aromatic rings. The second-order valence-electron chi connectivity index (χ2n) is 7.65. The van der Waals surface area contributed by atoms with Gasteiger partial charge in [0.05, 0.1) is 0 Å². The third-order valence-corrected chi connectivity index (χ3v) is 3.99. The van der Waals surface area contributed by atoms with Crippen LogP contribution in [-0.4, -0.2) is 48.0 Å². The van der Waals surface area contributed by atoms with Crippen molar-refractivity contribution in [2.24, 2.45) is 0 Å². The molecule has 0 unspecified atom stereocenters. The van der Waals surface area contributed by atoms with Crippen LogP contribution in [0.3, 0.4) is 0 Å². The molecule has 0 aliphatic carbocycles. The van der Waals surface area contributed by atoms with E-state index in [0.717, 1.165) is 18.7 Å². The molecular weight excluding hydrogens is 326 g/mol. The van der Waals surface area contributed by atoms with E-state index >= 15 is 0 Å². The van der Waals surface area contributed by atoms with Gasteiger partial charge in [-0.05, 0) is 50.2 Å². The summed E-state index contributed by atoms with van der Waals surface area (Å²) in [6.45, 7) is 8.11. The van der Waals surface area contributed by atoms with Crippen molar-refractivity contribution in [3.63, 3.8) is 0 Å². The largest absolute Gasteiger partial charge is 0.351 e. The first-order chi connectivity index (χ1) is 12.3. The molecule has 140 valence electrons. The average molecular weight is 355 g/mol. The number of carbonyl (C=O) groups excluding carboxylic acids is 1. The topological polar surface area (TPSA) is 70.2 Å². The number of hydrogen-bond acceptors (Lipinski definition) is 5. The summed E-state index contributed by atoms with van der Waals surface area (Å²) in [5, 5.41) is 6.11. The van der Waals surface area contributed by atoms with Crippen LogP contribution < -0.4 is 10.6 Å². The lowest BCUT2D eigenvalue weighted by atomic mass is 9.87. The Morgan fingerprint density at radius 1 is 1.12 bits per heavy atom. The van der Waals surface area contributed by atoms with E-state index in [-0.39, 0.29) is 11.3 Å². The van der Waals surface area contributed by atoms with Crippen LogP contribution in [0.1, 0.15) is 43.2 Å². The van der Waals surface area contributed by atoms with Gasteiger partial charge in [-0.25, -0.2) is 9.97 Å². The molecule has 0 saturated heterocycles. The average Bonchev–Trinajstić information content (AvgIpc) is 2.58. The van der Waals surface area contributed by atoms with Gasteiger partial charge in [-0.3, -0.25) is 4.79 Å². The highest BCUT2D eigenvalue weighted by Gasteiger charge is 2.13. The minimum atomic E-state index is -0.183. The molecule has 0 saturated carbocycles. The van der Waals surface area contributed by atoms with Crippen molar-refractivity contribution >= 4 is 17.4 Å². The fourth-order valence-electron chi connectivity index (χ4n) is 2.44. The number of nitrogens with one attached hydrogen (secondary N) is 2. The Bertz CT molecular complexity index is 720. The van der Waals surface area contributed by atoms with E-state index in [1.165, 1.54) is 11.9 Å². The maximum Gasteiger partial charge on any atom is 0.270 e. The van der Waals surface area contributed by atoms with Crippen molar-refractivity contribution < 1.29 is 4.79 Å². The van der Waals surface area contributed by atoms with Crippen LogP contribution in [0.5, 0.6) is 0 Å². The van der Waals surface area contributed by atoms with E-state index in [2.05, 4.69) is 58.4 Å². The van der Waals surface area contributed by atoms with Gasteiger partial charge in [0.25, 0.3) is 5.91 Å². The van der Waals surface area contributed by atoms with E-state index in [1.54, 1.807) is 6.07 Å². The van der Waals surface area contributed by atoms with Crippen molar-refractivity contribution in [2.75, 3.05) is 32.5 Å². The van der Waals surface area contributed by atoms with Crippen LogP contribution in [0.15, 0.2) is 36.7 Å². The molecule has 26 heavy (non-hydrogen) atoms. The molecule has 1 aromatic heterocycles. The Hall–Kier alpha value is -2.47. The SMILES string of the molecule is CN(C)CCCNC(=O)c1cc(Nc2ccc(C(C)(C)C)cc2)ncn1. The Labute approximate surface area is 156 Å².